The number of aromatic nitrogens is 2. The van der Waals surface area contributed by atoms with Gasteiger partial charge in [0.05, 0.1) is 21.2 Å². The first kappa shape index (κ1) is 18.8. The molecule has 0 radical (unpaired) electrons. The Bertz CT molecular complexity index is 819. The van der Waals surface area contributed by atoms with E-state index in [1.54, 1.807) is 22.7 Å². The molecule has 27 heavy (non-hydrogen) atoms. The van der Waals surface area contributed by atoms with Crippen molar-refractivity contribution in [1.82, 2.24) is 14.9 Å². The molecule has 0 spiro atoms. The van der Waals surface area contributed by atoms with Crippen LogP contribution in [0, 0.1) is 0 Å². The molecule has 1 atom stereocenters. The topological polar surface area (TPSA) is 49.0 Å². The van der Waals surface area contributed by atoms with Crippen LogP contribution in [0.25, 0.3) is 21.1 Å². The number of carbonyl (C=O) groups is 1. The number of carbonyl (C=O) groups excluding carboxylic acids is 1. The van der Waals surface area contributed by atoms with Gasteiger partial charge in [-0.25, -0.2) is 4.98 Å². The summed E-state index contributed by atoms with van der Waals surface area (Å²) in [5.74, 6) is 0.677. The summed E-state index contributed by atoms with van der Waals surface area (Å²) in [6.45, 7) is 3.08. The van der Waals surface area contributed by atoms with E-state index in [-0.39, 0.29) is 5.91 Å². The van der Waals surface area contributed by atoms with Gasteiger partial charge >= 0.3 is 0 Å². The fraction of sp³-hybridized carbons (Fsp3) is 0.400. The highest BCUT2D eigenvalue weighted by Gasteiger charge is 2.25. The molecule has 1 N–H and O–H groups in total. The second-order valence-electron chi connectivity index (χ2n) is 6.65. The number of nitrogens with zero attached hydrogens (tertiary/aromatic N) is 2. The number of likely N-dealkylation sites (tertiary alicyclic amines) is 1. The van der Waals surface area contributed by atoms with E-state index in [1.165, 1.54) is 23.1 Å². The van der Waals surface area contributed by atoms with Crippen LogP contribution in [0.1, 0.15) is 32.6 Å². The van der Waals surface area contributed by atoms with Crippen molar-refractivity contribution in [3.05, 3.63) is 35.0 Å². The maximum atomic E-state index is 12.8. The number of piperidine rings is 1. The third-order valence-electron chi connectivity index (χ3n) is 4.96. The van der Waals surface area contributed by atoms with Crippen molar-refractivity contribution < 1.29 is 4.79 Å². The van der Waals surface area contributed by atoms with Crippen LogP contribution < -0.4 is 0 Å². The van der Waals surface area contributed by atoms with Gasteiger partial charge in [0, 0.05) is 12.6 Å². The molecule has 142 valence electrons. The average molecular weight is 418 g/mol. The molecule has 1 saturated heterocycles. The largest absolute Gasteiger partial charge is 0.339 e. The van der Waals surface area contributed by atoms with E-state index in [2.05, 4.69) is 45.8 Å². The number of H-pyrrole nitrogens is 1. The van der Waals surface area contributed by atoms with E-state index in [9.17, 15) is 4.79 Å². The first-order chi connectivity index (χ1) is 13.3. The summed E-state index contributed by atoms with van der Waals surface area (Å²) < 4.78 is 0. The zero-order valence-electron chi connectivity index (χ0n) is 15.3. The average Bonchev–Trinajstić information content (AvgIpc) is 3.46. The van der Waals surface area contributed by atoms with Crippen LogP contribution in [0.2, 0.25) is 0 Å². The molecule has 0 saturated carbocycles. The van der Waals surface area contributed by atoms with Gasteiger partial charge in [-0.1, -0.05) is 30.8 Å². The van der Waals surface area contributed by atoms with Crippen molar-refractivity contribution in [3.63, 3.8) is 0 Å². The molecule has 1 fully saturated rings. The smallest absolute Gasteiger partial charge is 0.233 e. The molecule has 0 bridgehead atoms. The van der Waals surface area contributed by atoms with Crippen molar-refractivity contribution in [1.29, 1.82) is 0 Å². The lowest BCUT2D eigenvalue weighted by atomic mass is 10.0. The highest BCUT2D eigenvalue weighted by atomic mass is 32.2. The van der Waals surface area contributed by atoms with Crippen LogP contribution in [-0.2, 0) is 4.79 Å². The summed E-state index contributed by atoms with van der Waals surface area (Å²) >= 11 is 4.90. The second-order valence-corrected chi connectivity index (χ2v) is 9.51. The normalized spacial score (nSPS) is 17.4. The van der Waals surface area contributed by atoms with Gasteiger partial charge in [-0.3, -0.25) is 4.79 Å². The first-order valence-electron chi connectivity index (χ1n) is 9.36. The van der Waals surface area contributed by atoms with Gasteiger partial charge in [0.15, 0.2) is 5.16 Å². The number of hydrogen-bond donors (Lipinski definition) is 1. The summed E-state index contributed by atoms with van der Waals surface area (Å²) in [6, 6.07) is 8.71. The Labute approximate surface area is 172 Å². The fourth-order valence-electron chi connectivity index (χ4n) is 3.58. The highest BCUT2D eigenvalue weighted by molar-refractivity contribution is 7.99. The minimum atomic E-state index is 0.235. The maximum absolute atomic E-state index is 12.8. The maximum Gasteiger partial charge on any atom is 0.233 e. The van der Waals surface area contributed by atoms with Gasteiger partial charge in [-0.2, -0.15) is 0 Å². The number of rotatable bonds is 6. The lowest BCUT2D eigenvalue weighted by Gasteiger charge is -2.35. The van der Waals surface area contributed by atoms with Gasteiger partial charge in [0.1, 0.15) is 5.69 Å². The number of hydrogen-bond acceptors (Lipinski definition) is 5. The molecule has 0 aliphatic carbocycles. The molecular formula is C20H23N3OS3. The summed E-state index contributed by atoms with van der Waals surface area (Å²) in [5.41, 5.74) is 2.03. The van der Waals surface area contributed by atoms with Crippen molar-refractivity contribution >= 4 is 40.3 Å². The molecule has 1 amide bonds. The Kier molecular flexibility index (Phi) is 6.00. The number of thioether (sulfide) groups is 1. The van der Waals surface area contributed by atoms with Gasteiger partial charge < -0.3 is 9.88 Å². The van der Waals surface area contributed by atoms with E-state index in [1.807, 2.05) is 6.07 Å². The third-order valence-corrected chi connectivity index (χ3v) is 7.58. The minimum Gasteiger partial charge on any atom is -0.339 e. The molecule has 4 nitrogen and oxygen atoms in total. The Hall–Kier alpha value is -1.57. The third kappa shape index (κ3) is 4.15. The molecule has 0 aromatic carbocycles. The lowest BCUT2D eigenvalue weighted by Crippen LogP contribution is -2.44. The number of nitrogens with one attached hydrogen (secondary N) is 1. The molecule has 0 unspecified atom stereocenters. The molecular weight excluding hydrogens is 394 g/mol. The Balaban J connectivity index is 1.51. The van der Waals surface area contributed by atoms with E-state index in [4.69, 9.17) is 4.98 Å². The summed E-state index contributed by atoms with van der Waals surface area (Å²) in [7, 11) is 0. The van der Waals surface area contributed by atoms with E-state index in [0.29, 0.717) is 11.8 Å². The van der Waals surface area contributed by atoms with Crippen LogP contribution in [0.4, 0.5) is 0 Å². The van der Waals surface area contributed by atoms with E-state index < -0.39 is 0 Å². The molecule has 3 aromatic rings. The molecule has 4 rings (SSSR count). The first-order valence-corrected chi connectivity index (χ1v) is 12.1. The number of imidazole rings is 1. The van der Waals surface area contributed by atoms with Crippen LogP contribution in [-0.4, -0.2) is 39.1 Å². The van der Waals surface area contributed by atoms with Crippen molar-refractivity contribution in [2.24, 2.45) is 0 Å². The second kappa shape index (κ2) is 8.63. The zero-order chi connectivity index (χ0) is 18.6. The van der Waals surface area contributed by atoms with Gasteiger partial charge in [0.25, 0.3) is 0 Å². The SMILES string of the molecule is CC[C@@H]1CCCCN1C(=O)CSc1nc(-c2cccs2)c(-c2cccs2)[nH]1. The van der Waals surface area contributed by atoms with Crippen molar-refractivity contribution in [2.45, 2.75) is 43.8 Å². The fourth-order valence-corrected chi connectivity index (χ4v) is 5.78. The molecule has 1 aliphatic rings. The standard InChI is InChI=1S/C20H23N3OS3/c1-2-14-7-3-4-10-23(14)17(24)13-27-20-21-18(15-8-5-11-25-15)19(22-20)16-9-6-12-26-16/h5-6,8-9,11-12,14H,2-4,7,10,13H2,1H3,(H,21,22)/t14-/m1/s1. The minimum absolute atomic E-state index is 0.235. The quantitative estimate of drug-likeness (QED) is 0.520. The number of aromatic amines is 1. The number of thiophene rings is 2. The van der Waals surface area contributed by atoms with E-state index >= 15 is 0 Å². The molecule has 4 heterocycles. The Morgan fingerprint density at radius 1 is 1.26 bits per heavy atom. The van der Waals surface area contributed by atoms with Gasteiger partial charge in [0.2, 0.25) is 5.91 Å². The molecule has 3 aromatic heterocycles. The number of amides is 1. The monoisotopic (exact) mass is 417 g/mol. The van der Waals surface area contributed by atoms with E-state index in [0.717, 1.165) is 47.2 Å². The van der Waals surface area contributed by atoms with Gasteiger partial charge in [-0.15, -0.1) is 22.7 Å². The van der Waals surface area contributed by atoms with Crippen LogP contribution >= 0.6 is 34.4 Å². The van der Waals surface area contributed by atoms with Gasteiger partial charge in [-0.05, 0) is 48.6 Å². The Morgan fingerprint density at radius 3 is 2.74 bits per heavy atom. The zero-order valence-corrected chi connectivity index (χ0v) is 17.8. The Morgan fingerprint density at radius 2 is 2.04 bits per heavy atom. The summed E-state index contributed by atoms with van der Waals surface area (Å²) in [5, 5.41) is 4.96. The van der Waals surface area contributed by atoms with Crippen LogP contribution in [0.3, 0.4) is 0 Å². The summed E-state index contributed by atoms with van der Waals surface area (Å²) in [4.78, 5) is 25.4. The van der Waals surface area contributed by atoms with Crippen LogP contribution in [0.5, 0.6) is 0 Å². The van der Waals surface area contributed by atoms with Crippen molar-refractivity contribution in [3.8, 4) is 21.1 Å². The summed E-state index contributed by atoms with van der Waals surface area (Å²) in [6.07, 6.45) is 4.54. The van der Waals surface area contributed by atoms with Crippen LogP contribution in [0.15, 0.2) is 40.2 Å². The molecule has 7 heteroatoms. The predicted octanol–water partition coefficient (Wildman–Crippen LogP) is 5.75. The highest BCUT2D eigenvalue weighted by Crippen LogP contribution is 2.37. The molecule has 1 aliphatic heterocycles. The predicted molar refractivity (Wildman–Crippen MR) is 116 cm³/mol. The van der Waals surface area contributed by atoms with Crippen molar-refractivity contribution in [2.75, 3.05) is 12.3 Å². The lowest BCUT2D eigenvalue weighted by molar-refractivity contribution is -0.132.